The van der Waals surface area contributed by atoms with Gasteiger partial charge in [0.25, 0.3) is 0 Å². The molecule has 3 aromatic rings. The van der Waals surface area contributed by atoms with Crippen LogP contribution in [0.25, 0.3) is 5.69 Å². The van der Waals surface area contributed by atoms with E-state index < -0.39 is 38.9 Å². The second-order valence-electron chi connectivity index (χ2n) is 13.7. The van der Waals surface area contributed by atoms with Crippen molar-refractivity contribution < 1.29 is 32.3 Å². The molecule has 2 heterocycles. The van der Waals surface area contributed by atoms with Crippen LogP contribution in [0.1, 0.15) is 51.7 Å². The van der Waals surface area contributed by atoms with Crippen molar-refractivity contribution >= 4 is 27.7 Å². The molecule has 2 fully saturated rings. The lowest BCUT2D eigenvalue weighted by Crippen LogP contribution is -2.54. The van der Waals surface area contributed by atoms with Crippen LogP contribution in [0.4, 0.5) is 16.2 Å². The number of amides is 1. The summed E-state index contributed by atoms with van der Waals surface area (Å²) >= 11 is 0. The summed E-state index contributed by atoms with van der Waals surface area (Å²) in [5, 5.41) is 15.8. The summed E-state index contributed by atoms with van der Waals surface area (Å²) in [6.45, 7) is 9.09. The van der Waals surface area contributed by atoms with E-state index in [9.17, 15) is 28.1 Å². The smallest absolute Gasteiger partial charge is 0.425 e. The molecule has 1 aliphatic carbocycles. The Morgan fingerprint density at radius 3 is 2.39 bits per heavy atom. The van der Waals surface area contributed by atoms with Gasteiger partial charge >= 0.3 is 27.5 Å². The van der Waals surface area contributed by atoms with Crippen molar-refractivity contribution in [2.24, 2.45) is 5.41 Å². The molecule has 1 aliphatic heterocycles. The average Bonchev–Trinajstić information content (AvgIpc) is 3.78. The number of nitro groups is 1. The van der Waals surface area contributed by atoms with Gasteiger partial charge in [-0.15, -0.1) is 0 Å². The zero-order chi connectivity index (χ0) is 35.7. The lowest BCUT2D eigenvalue weighted by molar-refractivity contribution is -0.385. The van der Waals surface area contributed by atoms with E-state index in [1.165, 1.54) is 34.3 Å². The van der Waals surface area contributed by atoms with Crippen LogP contribution in [0.15, 0.2) is 53.5 Å². The van der Waals surface area contributed by atoms with Crippen LogP contribution in [-0.2, 0) is 21.5 Å². The molecule has 0 unspecified atom stereocenters. The molecule has 5 rings (SSSR count). The Hall–Kier alpha value is -4.70. The molecule has 0 radical (unpaired) electrons. The molecule has 0 spiro atoms. The van der Waals surface area contributed by atoms with E-state index in [-0.39, 0.29) is 54.3 Å². The van der Waals surface area contributed by atoms with E-state index in [0.717, 1.165) is 18.4 Å². The van der Waals surface area contributed by atoms with E-state index in [2.05, 4.69) is 12.0 Å². The molecule has 1 aromatic heterocycles. The molecule has 0 N–H and O–H groups in total. The fourth-order valence-corrected chi connectivity index (χ4v) is 6.77. The number of hydrogen-bond donors (Lipinski definition) is 0. The van der Waals surface area contributed by atoms with E-state index in [1.54, 1.807) is 33.0 Å². The van der Waals surface area contributed by atoms with E-state index >= 15 is 0 Å². The quantitative estimate of drug-likeness (QED) is 0.205. The van der Waals surface area contributed by atoms with Gasteiger partial charge in [-0.1, -0.05) is 25.1 Å². The number of nitro benzene ring substituents is 1. The van der Waals surface area contributed by atoms with Gasteiger partial charge < -0.3 is 19.1 Å². The molecule has 1 saturated carbocycles. The molecule has 0 atom stereocenters. The number of benzene rings is 2. The van der Waals surface area contributed by atoms with Crippen molar-refractivity contribution in [2.45, 2.75) is 59.6 Å². The number of hydrogen-bond acceptors (Lipinski definition) is 11. The van der Waals surface area contributed by atoms with Crippen molar-refractivity contribution in [1.29, 1.82) is 0 Å². The lowest BCUT2D eigenvalue weighted by atomic mass is 10.2. The molecule has 1 saturated heterocycles. The van der Waals surface area contributed by atoms with Gasteiger partial charge in [0.15, 0.2) is 5.75 Å². The summed E-state index contributed by atoms with van der Waals surface area (Å²) in [7, 11) is -3.19. The van der Waals surface area contributed by atoms with Gasteiger partial charge in [-0.3, -0.25) is 14.9 Å². The number of methoxy groups -OCH3 is 1. The van der Waals surface area contributed by atoms with Crippen LogP contribution < -0.4 is 19.9 Å². The van der Waals surface area contributed by atoms with Crippen LogP contribution in [0.2, 0.25) is 0 Å². The van der Waals surface area contributed by atoms with Gasteiger partial charge in [0.1, 0.15) is 11.3 Å². The highest BCUT2D eigenvalue weighted by Crippen LogP contribution is 2.45. The minimum atomic E-state index is -4.45. The number of carbonyl (C=O) groups is 1. The van der Waals surface area contributed by atoms with Gasteiger partial charge in [-0.25, -0.2) is 4.79 Å². The summed E-state index contributed by atoms with van der Waals surface area (Å²) in [6, 6.07) is 11.3. The predicted octanol–water partition coefficient (Wildman–Crippen LogP) is 4.44. The van der Waals surface area contributed by atoms with Gasteiger partial charge in [0.2, 0.25) is 5.75 Å². The minimum Gasteiger partial charge on any atom is -0.490 e. The summed E-state index contributed by atoms with van der Waals surface area (Å²) in [5.74, 6) is 0.0627. The van der Waals surface area contributed by atoms with Gasteiger partial charge in [-0.05, 0) is 69.9 Å². The van der Waals surface area contributed by atoms with Crippen molar-refractivity contribution in [3.8, 4) is 17.2 Å². The maximum atomic E-state index is 14.1. The first-order valence-electron chi connectivity index (χ1n) is 15.9. The zero-order valence-electron chi connectivity index (χ0n) is 28.5. The number of carbonyl (C=O) groups excluding carboxylic acids is 1. The fourth-order valence-electron chi connectivity index (χ4n) is 5.33. The number of rotatable bonds is 11. The average molecular weight is 699 g/mol. The maximum Gasteiger partial charge on any atom is 0.425 e. The molecule has 16 heteroatoms. The van der Waals surface area contributed by atoms with Crippen molar-refractivity contribution in [3.05, 3.63) is 80.3 Å². The summed E-state index contributed by atoms with van der Waals surface area (Å²) in [4.78, 5) is 39.8. The SMILES string of the molecule is COc1cc(CN(C(=O)OC(C)(C)C)S(=O)(=O)N2CCN(c3cnn(-c4cccc(C)c4)c(=O)c3OCC3(C)CC3)CC2)ccc1[N+](=O)[O-]. The van der Waals surface area contributed by atoms with Gasteiger partial charge in [-0.2, -0.15) is 26.8 Å². The topological polar surface area (TPSA) is 167 Å². The van der Waals surface area contributed by atoms with Crippen LogP contribution in [0.5, 0.6) is 11.5 Å². The van der Waals surface area contributed by atoms with Gasteiger partial charge in [0, 0.05) is 37.7 Å². The van der Waals surface area contributed by atoms with E-state index in [0.29, 0.717) is 22.3 Å². The first kappa shape index (κ1) is 35.6. The highest BCUT2D eigenvalue weighted by atomic mass is 32.2. The Kier molecular flexibility index (Phi) is 9.93. The van der Waals surface area contributed by atoms with Crippen LogP contribution in [-0.4, -0.2) is 83.3 Å². The lowest BCUT2D eigenvalue weighted by Gasteiger charge is -2.38. The number of nitrogens with zero attached hydrogens (tertiary/aromatic N) is 6. The number of piperazine rings is 1. The first-order chi connectivity index (χ1) is 23.0. The van der Waals surface area contributed by atoms with Crippen LogP contribution in [0.3, 0.4) is 0 Å². The summed E-state index contributed by atoms with van der Waals surface area (Å²) in [6.07, 6.45) is 2.46. The fraction of sp³-hybridized carbons (Fsp3) is 0.485. The third-order valence-corrected chi connectivity index (χ3v) is 10.2. The maximum absolute atomic E-state index is 14.1. The Morgan fingerprint density at radius 2 is 1.80 bits per heavy atom. The highest BCUT2D eigenvalue weighted by molar-refractivity contribution is 7.87. The Labute approximate surface area is 285 Å². The molecule has 15 nitrogen and oxygen atoms in total. The second kappa shape index (κ2) is 13.7. The summed E-state index contributed by atoms with van der Waals surface area (Å²) in [5.41, 5.74) is 0.570. The predicted molar refractivity (Wildman–Crippen MR) is 182 cm³/mol. The third-order valence-electron chi connectivity index (χ3n) is 8.38. The van der Waals surface area contributed by atoms with Gasteiger partial charge in [0.05, 0.1) is 37.1 Å². The molecular weight excluding hydrogens is 656 g/mol. The molecule has 2 aliphatic rings. The second-order valence-corrected chi connectivity index (χ2v) is 15.5. The largest absolute Gasteiger partial charge is 0.490 e. The van der Waals surface area contributed by atoms with E-state index in [4.69, 9.17) is 14.2 Å². The Bertz CT molecular complexity index is 1890. The van der Waals surface area contributed by atoms with Crippen LogP contribution in [0, 0.1) is 22.5 Å². The van der Waals surface area contributed by atoms with Crippen LogP contribution >= 0.6 is 0 Å². The number of ether oxygens (including phenoxy) is 3. The molecule has 1 amide bonds. The van der Waals surface area contributed by atoms with E-state index in [1.807, 2.05) is 30.0 Å². The molecule has 264 valence electrons. The standard InChI is InChI=1S/C33H42N6O9S/c1-23-8-7-9-25(18-23)38-30(40)29(47-22-33(5)12-13-33)27(20-34-38)35-14-16-36(17-15-35)49(44,45)37(31(41)48-32(2,3)4)21-24-10-11-26(39(42)43)28(19-24)46-6/h7-11,18-20H,12-17,21-22H2,1-6H3. The molecular formula is C33H42N6O9S. The third kappa shape index (κ3) is 8.13. The number of aromatic nitrogens is 2. The Morgan fingerprint density at radius 1 is 1.10 bits per heavy atom. The zero-order valence-corrected chi connectivity index (χ0v) is 29.4. The highest BCUT2D eigenvalue weighted by Gasteiger charge is 2.40. The van der Waals surface area contributed by atoms with Crippen molar-refractivity contribution in [3.63, 3.8) is 0 Å². The molecule has 0 bridgehead atoms. The minimum absolute atomic E-state index is 0.00721. The Balaban J connectivity index is 1.40. The summed E-state index contributed by atoms with van der Waals surface area (Å²) < 4.78 is 48.0. The number of aryl methyl sites for hydroxylation is 1. The monoisotopic (exact) mass is 698 g/mol. The normalized spacial score (nSPS) is 16.2. The number of anilines is 1. The molecule has 2 aromatic carbocycles. The van der Waals surface area contributed by atoms with Crippen molar-refractivity contribution in [1.82, 2.24) is 18.4 Å². The van der Waals surface area contributed by atoms with Crippen molar-refractivity contribution in [2.75, 3.05) is 44.8 Å². The first-order valence-corrected chi connectivity index (χ1v) is 17.3. The molecule has 49 heavy (non-hydrogen) atoms.